The predicted molar refractivity (Wildman–Crippen MR) is 84.1 cm³/mol. The van der Waals surface area contributed by atoms with Crippen molar-refractivity contribution >= 4 is 17.7 Å². The summed E-state index contributed by atoms with van der Waals surface area (Å²) in [5.74, 6) is 2.24. The summed E-state index contributed by atoms with van der Waals surface area (Å²) in [6.45, 7) is 5.46. The Labute approximate surface area is 125 Å². The van der Waals surface area contributed by atoms with Crippen LogP contribution in [-0.4, -0.2) is 41.7 Å². The summed E-state index contributed by atoms with van der Waals surface area (Å²) in [5, 5.41) is 3.28. The van der Waals surface area contributed by atoms with Crippen LogP contribution in [0, 0.1) is 0 Å². The molecule has 2 aliphatic rings. The number of rotatable bonds is 5. The molecule has 0 aliphatic carbocycles. The molecule has 1 amide bonds. The summed E-state index contributed by atoms with van der Waals surface area (Å²) in [4.78, 5) is 14.8. The number of piperidine rings is 1. The van der Waals surface area contributed by atoms with Crippen molar-refractivity contribution in [1.29, 1.82) is 0 Å². The minimum absolute atomic E-state index is 0.0494. The van der Waals surface area contributed by atoms with Crippen molar-refractivity contribution in [3.8, 4) is 0 Å². The van der Waals surface area contributed by atoms with Crippen LogP contribution in [0.2, 0.25) is 0 Å². The van der Waals surface area contributed by atoms with E-state index < -0.39 is 0 Å². The maximum atomic E-state index is 12.4. The lowest BCUT2D eigenvalue weighted by molar-refractivity contribution is 0.0908. The van der Waals surface area contributed by atoms with Gasteiger partial charge in [-0.25, -0.2) is 0 Å². The fourth-order valence-electron chi connectivity index (χ4n) is 3.18. The first-order valence-corrected chi connectivity index (χ1v) is 8.58. The molecular formula is C16H22N2OS. The second-order valence-electron chi connectivity index (χ2n) is 5.84. The average molecular weight is 290 g/mol. The van der Waals surface area contributed by atoms with Gasteiger partial charge in [0.2, 0.25) is 0 Å². The molecule has 3 rings (SSSR count). The molecule has 1 aromatic carbocycles. The quantitative estimate of drug-likeness (QED) is 0.904. The molecule has 2 bridgehead atoms. The van der Waals surface area contributed by atoms with Crippen LogP contribution in [0.4, 0.5) is 0 Å². The molecular weight excluding hydrogens is 268 g/mol. The number of carbonyl (C=O) groups is 1. The Balaban J connectivity index is 1.62. The molecule has 3 nitrogen and oxygen atoms in total. The minimum Gasteiger partial charge on any atom is -0.345 e. The SMILES string of the molecule is CCSCc1ccc(C(=O)NC23CCN(CC2)C3)cc1. The lowest BCUT2D eigenvalue weighted by Gasteiger charge is -2.26. The average Bonchev–Trinajstić information content (AvgIpc) is 3.05. The molecule has 4 heteroatoms. The van der Waals surface area contributed by atoms with E-state index in [1.165, 1.54) is 5.56 Å². The van der Waals surface area contributed by atoms with Crippen molar-refractivity contribution in [3.63, 3.8) is 0 Å². The third kappa shape index (κ3) is 2.86. The normalized spacial score (nSPS) is 27.8. The van der Waals surface area contributed by atoms with Crippen LogP contribution < -0.4 is 5.32 Å². The zero-order valence-corrected chi connectivity index (χ0v) is 12.8. The largest absolute Gasteiger partial charge is 0.345 e. The first-order chi connectivity index (χ1) is 9.71. The number of benzene rings is 1. The Bertz CT molecular complexity index is 478. The molecule has 2 heterocycles. The first kappa shape index (κ1) is 14.0. The summed E-state index contributed by atoms with van der Waals surface area (Å²) in [7, 11) is 0. The fraction of sp³-hybridized carbons (Fsp3) is 0.562. The van der Waals surface area contributed by atoms with Gasteiger partial charge in [0.25, 0.3) is 5.91 Å². The zero-order valence-electron chi connectivity index (χ0n) is 12.0. The smallest absolute Gasteiger partial charge is 0.251 e. The summed E-state index contributed by atoms with van der Waals surface area (Å²) >= 11 is 1.90. The van der Waals surface area contributed by atoms with Gasteiger partial charge in [-0.15, -0.1) is 0 Å². The van der Waals surface area contributed by atoms with Crippen LogP contribution in [0.1, 0.15) is 35.7 Å². The molecule has 2 saturated heterocycles. The standard InChI is InChI=1S/C16H22N2OS/c1-2-20-11-13-3-5-14(6-4-13)15(19)17-16-7-9-18(12-16)10-8-16/h3-6H,2,7-12H2,1H3,(H,17,19). The van der Waals surface area contributed by atoms with E-state index in [0.29, 0.717) is 0 Å². The van der Waals surface area contributed by atoms with Gasteiger partial charge in [0.05, 0.1) is 5.54 Å². The van der Waals surface area contributed by atoms with Gasteiger partial charge in [-0.1, -0.05) is 19.1 Å². The molecule has 0 radical (unpaired) electrons. The van der Waals surface area contributed by atoms with Gasteiger partial charge in [-0.3, -0.25) is 4.79 Å². The van der Waals surface area contributed by atoms with Crippen LogP contribution in [0.15, 0.2) is 24.3 Å². The van der Waals surface area contributed by atoms with E-state index in [4.69, 9.17) is 0 Å². The van der Waals surface area contributed by atoms with Gasteiger partial charge >= 0.3 is 0 Å². The van der Waals surface area contributed by atoms with E-state index in [-0.39, 0.29) is 11.4 Å². The van der Waals surface area contributed by atoms with E-state index in [0.717, 1.165) is 49.5 Å². The van der Waals surface area contributed by atoms with Crippen LogP contribution in [0.25, 0.3) is 0 Å². The molecule has 0 spiro atoms. The maximum Gasteiger partial charge on any atom is 0.251 e. The lowest BCUT2D eigenvalue weighted by atomic mass is 9.94. The molecule has 0 aromatic heterocycles. The van der Waals surface area contributed by atoms with E-state index >= 15 is 0 Å². The molecule has 0 unspecified atom stereocenters. The van der Waals surface area contributed by atoms with Gasteiger partial charge in [-0.05, 0) is 36.3 Å². The third-order valence-electron chi connectivity index (χ3n) is 4.41. The molecule has 2 aliphatic heterocycles. The molecule has 2 fully saturated rings. The van der Waals surface area contributed by atoms with Crippen LogP contribution >= 0.6 is 11.8 Å². The van der Waals surface area contributed by atoms with Crippen molar-refractivity contribution in [2.45, 2.75) is 31.1 Å². The number of nitrogens with one attached hydrogen (secondary N) is 1. The molecule has 108 valence electrons. The van der Waals surface area contributed by atoms with Crippen LogP contribution in [0.3, 0.4) is 0 Å². The third-order valence-corrected chi connectivity index (χ3v) is 5.35. The van der Waals surface area contributed by atoms with Gasteiger partial charge in [-0.2, -0.15) is 11.8 Å². The molecule has 1 aromatic rings. The highest BCUT2D eigenvalue weighted by Crippen LogP contribution is 2.32. The van der Waals surface area contributed by atoms with E-state index in [1.54, 1.807) is 0 Å². The van der Waals surface area contributed by atoms with E-state index in [9.17, 15) is 4.79 Å². The Morgan fingerprint density at radius 3 is 2.55 bits per heavy atom. The Hall–Kier alpha value is -1.00. The Morgan fingerprint density at radius 1 is 1.30 bits per heavy atom. The summed E-state index contributed by atoms with van der Waals surface area (Å²) in [5.41, 5.74) is 2.13. The highest BCUT2D eigenvalue weighted by Gasteiger charge is 2.44. The Kier molecular flexibility index (Phi) is 4.03. The molecule has 0 atom stereocenters. The summed E-state index contributed by atoms with van der Waals surface area (Å²) in [6, 6.07) is 8.06. The molecule has 0 saturated carbocycles. The van der Waals surface area contributed by atoms with Gasteiger partial charge in [0.1, 0.15) is 0 Å². The highest BCUT2D eigenvalue weighted by molar-refractivity contribution is 7.98. The van der Waals surface area contributed by atoms with Crippen molar-refractivity contribution < 1.29 is 4.79 Å². The number of carbonyl (C=O) groups excluding carboxylic acids is 1. The topological polar surface area (TPSA) is 32.3 Å². The van der Waals surface area contributed by atoms with Crippen LogP contribution in [-0.2, 0) is 5.75 Å². The number of hydrogen-bond acceptors (Lipinski definition) is 3. The maximum absolute atomic E-state index is 12.4. The number of hydrogen-bond donors (Lipinski definition) is 1. The second-order valence-corrected chi connectivity index (χ2v) is 7.12. The predicted octanol–water partition coefficient (Wildman–Crippen LogP) is 2.52. The van der Waals surface area contributed by atoms with E-state index in [1.807, 2.05) is 23.9 Å². The van der Waals surface area contributed by atoms with Crippen molar-refractivity contribution in [2.75, 3.05) is 25.4 Å². The van der Waals surface area contributed by atoms with Crippen LogP contribution in [0.5, 0.6) is 0 Å². The van der Waals surface area contributed by atoms with Gasteiger partial charge in [0.15, 0.2) is 0 Å². The van der Waals surface area contributed by atoms with Crippen molar-refractivity contribution in [2.24, 2.45) is 0 Å². The van der Waals surface area contributed by atoms with Gasteiger partial charge < -0.3 is 10.2 Å². The number of fused-ring (bicyclic) bond motifs is 2. The lowest BCUT2D eigenvalue weighted by Crippen LogP contribution is -2.47. The number of amides is 1. The van der Waals surface area contributed by atoms with Crippen molar-refractivity contribution in [3.05, 3.63) is 35.4 Å². The highest BCUT2D eigenvalue weighted by atomic mass is 32.2. The fourth-order valence-corrected chi connectivity index (χ4v) is 3.81. The first-order valence-electron chi connectivity index (χ1n) is 7.42. The Morgan fingerprint density at radius 2 is 2.00 bits per heavy atom. The van der Waals surface area contributed by atoms with Gasteiger partial charge in [0, 0.05) is 31.0 Å². The number of nitrogens with zero attached hydrogens (tertiary/aromatic N) is 1. The van der Waals surface area contributed by atoms with E-state index in [2.05, 4.69) is 29.3 Å². The minimum atomic E-state index is 0.0494. The molecule has 1 N–H and O–H groups in total. The zero-order chi connectivity index (χ0) is 14.0. The summed E-state index contributed by atoms with van der Waals surface area (Å²) in [6.07, 6.45) is 2.20. The monoisotopic (exact) mass is 290 g/mol. The summed E-state index contributed by atoms with van der Waals surface area (Å²) < 4.78 is 0. The second kappa shape index (κ2) is 5.78. The number of thioether (sulfide) groups is 1. The molecule has 20 heavy (non-hydrogen) atoms. The van der Waals surface area contributed by atoms with Crippen molar-refractivity contribution in [1.82, 2.24) is 10.2 Å².